The van der Waals surface area contributed by atoms with Crippen molar-refractivity contribution in [3.63, 3.8) is 0 Å². The van der Waals surface area contributed by atoms with Gasteiger partial charge in [-0.05, 0) is 73.4 Å². The van der Waals surface area contributed by atoms with Crippen molar-refractivity contribution in [3.05, 3.63) is 83.7 Å². The summed E-state index contributed by atoms with van der Waals surface area (Å²) in [5.74, 6) is -0.0755. The minimum atomic E-state index is -0.673. The molecule has 3 aromatic rings. The highest BCUT2D eigenvalue weighted by Gasteiger charge is 2.45. The Morgan fingerprint density at radius 2 is 1.97 bits per heavy atom. The van der Waals surface area contributed by atoms with E-state index in [1.165, 1.54) is 18.0 Å². The molecule has 36 heavy (non-hydrogen) atoms. The van der Waals surface area contributed by atoms with Crippen LogP contribution in [0.3, 0.4) is 0 Å². The van der Waals surface area contributed by atoms with Crippen LogP contribution in [-0.4, -0.2) is 35.1 Å². The fraction of sp³-hybridized carbons (Fsp3) is 0.259. The second-order valence-corrected chi connectivity index (χ2v) is 8.71. The number of allylic oxidation sites excluding steroid dienone is 1. The van der Waals surface area contributed by atoms with Crippen LogP contribution in [0.1, 0.15) is 54.1 Å². The molecule has 0 bridgehead atoms. The lowest BCUT2D eigenvalue weighted by molar-refractivity contribution is -0.137. The summed E-state index contributed by atoms with van der Waals surface area (Å²) in [5, 5.41) is 8.69. The highest BCUT2D eigenvalue weighted by Crippen LogP contribution is 2.44. The number of ether oxygens (including phenoxy) is 1. The number of amides is 2. The molecule has 2 unspecified atom stereocenters. The highest BCUT2D eigenvalue weighted by molar-refractivity contribution is 6.08. The Kier molecular flexibility index (Phi) is 6.53. The van der Waals surface area contributed by atoms with Gasteiger partial charge < -0.3 is 18.9 Å². The van der Waals surface area contributed by atoms with Gasteiger partial charge in [0.15, 0.2) is 6.61 Å². The number of anilines is 1. The second kappa shape index (κ2) is 10.1. The first-order valence-corrected chi connectivity index (χ1v) is 11.7. The lowest BCUT2D eigenvalue weighted by Crippen LogP contribution is -2.34. The number of benzene rings is 1. The van der Waals surface area contributed by atoms with Crippen molar-refractivity contribution < 1.29 is 28.0 Å². The lowest BCUT2D eigenvalue weighted by atomic mass is 9.79. The average molecular weight is 488 g/mol. The molecule has 2 amide bonds. The highest BCUT2D eigenvalue weighted by atomic mass is 16.5. The van der Waals surface area contributed by atoms with Gasteiger partial charge in [-0.15, -0.1) is 0 Å². The van der Waals surface area contributed by atoms with Crippen molar-refractivity contribution in [1.82, 2.24) is 5.01 Å². The van der Waals surface area contributed by atoms with E-state index in [1.807, 2.05) is 24.3 Å². The third-order valence-corrected chi connectivity index (χ3v) is 6.20. The topological polar surface area (TPSA) is 114 Å². The van der Waals surface area contributed by atoms with Crippen molar-refractivity contribution in [2.24, 2.45) is 11.0 Å². The van der Waals surface area contributed by atoms with Gasteiger partial charge in [-0.3, -0.25) is 9.59 Å². The van der Waals surface area contributed by atoms with Crippen LogP contribution in [0.25, 0.3) is 6.08 Å². The van der Waals surface area contributed by atoms with E-state index in [0.717, 1.165) is 36.3 Å². The number of hydrazone groups is 1. The standard InChI is InChI=1S/C27H25N3O6/c1-17(31)28-20-8-2-7-19(14-20)27(33)36-16-24(32)30-26(23-11-5-13-35-23)22-10-3-6-18(25(22)29-30)15-21-9-4-12-34-21/h2,4-5,7-9,11-15,22,26H,3,6,10,16H2,1H3,(H,28,31). The molecule has 184 valence electrons. The lowest BCUT2D eigenvalue weighted by Gasteiger charge is -2.27. The predicted octanol–water partition coefficient (Wildman–Crippen LogP) is 4.81. The van der Waals surface area contributed by atoms with Gasteiger partial charge in [0.1, 0.15) is 17.6 Å². The van der Waals surface area contributed by atoms with E-state index in [9.17, 15) is 14.4 Å². The molecule has 2 aliphatic rings. The van der Waals surface area contributed by atoms with Gasteiger partial charge >= 0.3 is 5.97 Å². The second-order valence-electron chi connectivity index (χ2n) is 8.71. The molecule has 0 radical (unpaired) electrons. The molecule has 9 nitrogen and oxygen atoms in total. The quantitative estimate of drug-likeness (QED) is 0.499. The molecule has 1 aliphatic heterocycles. The first-order valence-electron chi connectivity index (χ1n) is 11.7. The van der Waals surface area contributed by atoms with E-state index < -0.39 is 24.5 Å². The summed E-state index contributed by atoms with van der Waals surface area (Å²) in [5.41, 5.74) is 2.52. The van der Waals surface area contributed by atoms with Crippen molar-refractivity contribution in [3.8, 4) is 0 Å². The number of fused-ring (bicyclic) bond motifs is 1. The number of esters is 1. The molecule has 0 saturated heterocycles. The summed E-state index contributed by atoms with van der Waals surface area (Å²) in [4.78, 5) is 37.2. The van der Waals surface area contributed by atoms with E-state index in [-0.39, 0.29) is 17.4 Å². The molecule has 3 heterocycles. The van der Waals surface area contributed by atoms with Crippen LogP contribution in [-0.2, 0) is 14.3 Å². The van der Waals surface area contributed by atoms with Gasteiger partial charge in [0, 0.05) is 18.5 Å². The Morgan fingerprint density at radius 3 is 2.72 bits per heavy atom. The van der Waals surface area contributed by atoms with Crippen LogP contribution in [0, 0.1) is 5.92 Å². The molecule has 1 fully saturated rings. The zero-order valence-electron chi connectivity index (χ0n) is 19.7. The van der Waals surface area contributed by atoms with Crippen LogP contribution < -0.4 is 5.32 Å². The maximum atomic E-state index is 13.3. The number of hydrogen-bond donors (Lipinski definition) is 1. The number of nitrogens with one attached hydrogen (secondary N) is 1. The maximum Gasteiger partial charge on any atom is 0.338 e. The van der Waals surface area contributed by atoms with Crippen molar-refractivity contribution in [2.75, 3.05) is 11.9 Å². The number of carbonyl (C=O) groups is 3. The zero-order chi connectivity index (χ0) is 25.1. The molecule has 0 spiro atoms. The van der Waals surface area contributed by atoms with E-state index in [4.69, 9.17) is 18.7 Å². The van der Waals surface area contributed by atoms with Gasteiger partial charge in [-0.1, -0.05) is 6.07 Å². The smallest absolute Gasteiger partial charge is 0.338 e. The van der Waals surface area contributed by atoms with Gasteiger partial charge in [0.05, 0.1) is 23.8 Å². The largest absolute Gasteiger partial charge is 0.467 e. The van der Waals surface area contributed by atoms with Gasteiger partial charge in [-0.2, -0.15) is 5.10 Å². The molecular formula is C27H25N3O6. The fourth-order valence-electron chi connectivity index (χ4n) is 4.69. The Balaban J connectivity index is 1.35. The third kappa shape index (κ3) is 4.86. The average Bonchev–Trinajstić information content (AvgIpc) is 3.63. The molecule has 2 atom stereocenters. The molecule has 2 aromatic heterocycles. The SMILES string of the molecule is CC(=O)Nc1cccc(C(=O)OCC(=O)N2N=C3C(=Cc4ccco4)CCCC3C2c2ccco2)c1. The number of nitrogens with zero attached hydrogens (tertiary/aromatic N) is 2. The van der Waals surface area contributed by atoms with E-state index >= 15 is 0 Å². The van der Waals surface area contributed by atoms with E-state index in [0.29, 0.717) is 11.4 Å². The molecule has 1 N–H and O–H groups in total. The summed E-state index contributed by atoms with van der Waals surface area (Å²) < 4.78 is 16.5. The monoisotopic (exact) mass is 487 g/mol. The summed E-state index contributed by atoms with van der Waals surface area (Å²) in [6.07, 6.45) is 7.75. The summed E-state index contributed by atoms with van der Waals surface area (Å²) >= 11 is 0. The molecule has 1 aliphatic carbocycles. The number of carbonyl (C=O) groups excluding carboxylic acids is 3. The number of hydrogen-bond acceptors (Lipinski definition) is 7. The fourth-order valence-corrected chi connectivity index (χ4v) is 4.69. The maximum absolute atomic E-state index is 13.3. The van der Waals surface area contributed by atoms with Crippen LogP contribution >= 0.6 is 0 Å². The third-order valence-electron chi connectivity index (χ3n) is 6.20. The minimum absolute atomic E-state index is 0.0416. The Hall–Kier alpha value is -4.40. The van der Waals surface area contributed by atoms with E-state index in [1.54, 1.807) is 36.8 Å². The molecule has 1 aromatic carbocycles. The summed E-state index contributed by atoms with van der Waals surface area (Å²) in [6, 6.07) is 13.2. The normalized spacial score (nSPS) is 20.1. The van der Waals surface area contributed by atoms with Gasteiger partial charge in [0.2, 0.25) is 5.91 Å². The van der Waals surface area contributed by atoms with Gasteiger partial charge in [0.25, 0.3) is 5.91 Å². The Labute approximate surface area is 207 Å². The molecule has 9 heteroatoms. The van der Waals surface area contributed by atoms with Crippen molar-refractivity contribution >= 4 is 35.3 Å². The van der Waals surface area contributed by atoms with E-state index in [2.05, 4.69) is 5.32 Å². The molecule has 5 rings (SSSR count). The summed E-state index contributed by atoms with van der Waals surface area (Å²) in [7, 11) is 0. The van der Waals surface area contributed by atoms with Gasteiger partial charge in [-0.25, -0.2) is 9.80 Å². The molecule has 1 saturated carbocycles. The zero-order valence-corrected chi connectivity index (χ0v) is 19.7. The summed E-state index contributed by atoms with van der Waals surface area (Å²) in [6.45, 7) is 0.893. The van der Waals surface area contributed by atoms with Crippen LogP contribution in [0.2, 0.25) is 0 Å². The van der Waals surface area contributed by atoms with Crippen LogP contribution in [0.15, 0.2) is 80.6 Å². The first-order chi connectivity index (χ1) is 17.5. The Morgan fingerprint density at radius 1 is 1.14 bits per heavy atom. The van der Waals surface area contributed by atoms with Crippen molar-refractivity contribution in [1.29, 1.82) is 0 Å². The Bertz CT molecular complexity index is 1320. The van der Waals surface area contributed by atoms with Crippen LogP contribution in [0.4, 0.5) is 5.69 Å². The predicted molar refractivity (Wildman–Crippen MR) is 131 cm³/mol. The van der Waals surface area contributed by atoms with Crippen LogP contribution in [0.5, 0.6) is 0 Å². The van der Waals surface area contributed by atoms with Crippen molar-refractivity contribution in [2.45, 2.75) is 32.2 Å². The number of rotatable bonds is 6. The first kappa shape index (κ1) is 23.3. The molecular weight excluding hydrogens is 462 g/mol. The minimum Gasteiger partial charge on any atom is -0.467 e. The number of furan rings is 2.